The highest BCUT2D eigenvalue weighted by Crippen LogP contribution is 2.39. The van der Waals surface area contributed by atoms with Crippen LogP contribution in [-0.2, 0) is 4.79 Å². The lowest BCUT2D eigenvalue weighted by molar-refractivity contribution is -0.119. The molecule has 104 valence electrons. The van der Waals surface area contributed by atoms with Crippen LogP contribution >= 0.6 is 11.6 Å². The zero-order valence-electron chi connectivity index (χ0n) is 11.5. The van der Waals surface area contributed by atoms with Crippen molar-refractivity contribution in [3.8, 4) is 0 Å². The number of anilines is 1. The van der Waals surface area contributed by atoms with Gasteiger partial charge in [0.15, 0.2) is 0 Å². The van der Waals surface area contributed by atoms with Crippen molar-refractivity contribution in [1.29, 1.82) is 0 Å². The molecule has 1 fully saturated rings. The minimum absolute atomic E-state index is 0.0582. The first-order valence-corrected chi connectivity index (χ1v) is 6.92. The summed E-state index contributed by atoms with van der Waals surface area (Å²) >= 11 is 6.10. The van der Waals surface area contributed by atoms with Gasteiger partial charge in [0.25, 0.3) is 0 Å². The van der Waals surface area contributed by atoms with Gasteiger partial charge in [0.05, 0.1) is 6.54 Å². The van der Waals surface area contributed by atoms with Gasteiger partial charge in [0.1, 0.15) is 16.8 Å². The Morgan fingerprint density at radius 2 is 2.11 bits per heavy atom. The van der Waals surface area contributed by atoms with Crippen LogP contribution in [0.25, 0.3) is 0 Å². The highest BCUT2D eigenvalue weighted by molar-refractivity contribution is 6.30. The smallest absolute Gasteiger partial charge is 0.239 e. The number of rotatable bonds is 5. The minimum atomic E-state index is -0.0582. The van der Waals surface area contributed by atoms with E-state index in [-0.39, 0.29) is 18.5 Å². The molecule has 2 N–H and O–H groups in total. The third kappa shape index (κ3) is 3.80. The molecule has 6 heteroatoms. The first-order valence-electron chi connectivity index (χ1n) is 6.54. The first-order chi connectivity index (χ1) is 8.97. The van der Waals surface area contributed by atoms with Gasteiger partial charge in [-0.3, -0.25) is 4.79 Å². The zero-order valence-corrected chi connectivity index (χ0v) is 12.2. The van der Waals surface area contributed by atoms with Crippen molar-refractivity contribution in [2.24, 2.45) is 0 Å². The Morgan fingerprint density at radius 1 is 1.42 bits per heavy atom. The molecule has 0 atom stereocenters. The molecular weight excluding hydrogens is 264 g/mol. The SMILES string of the molecule is Cc1c(Cl)nc(C2CC2)nc1NCC(=O)NC(C)C. The summed E-state index contributed by atoms with van der Waals surface area (Å²) in [6.07, 6.45) is 2.24. The standard InChI is InChI=1S/C13H19ClN4O/c1-7(2)16-10(19)6-15-12-8(3)11(14)17-13(18-12)9-4-5-9/h7,9H,4-6H2,1-3H3,(H,16,19)(H,15,17,18). The predicted octanol–water partition coefficient (Wildman–Crippen LogP) is 2.25. The topological polar surface area (TPSA) is 66.9 Å². The van der Waals surface area contributed by atoms with Gasteiger partial charge in [-0.15, -0.1) is 0 Å². The van der Waals surface area contributed by atoms with Crippen molar-refractivity contribution in [1.82, 2.24) is 15.3 Å². The lowest BCUT2D eigenvalue weighted by Crippen LogP contribution is -2.35. The second-order valence-corrected chi connectivity index (χ2v) is 5.55. The van der Waals surface area contributed by atoms with Crippen molar-refractivity contribution >= 4 is 23.3 Å². The van der Waals surface area contributed by atoms with E-state index in [1.54, 1.807) is 0 Å². The molecule has 1 aliphatic carbocycles. The van der Waals surface area contributed by atoms with Gasteiger partial charge in [0.2, 0.25) is 5.91 Å². The van der Waals surface area contributed by atoms with E-state index in [0.717, 1.165) is 24.2 Å². The summed E-state index contributed by atoms with van der Waals surface area (Å²) in [6.45, 7) is 5.89. The molecule has 1 heterocycles. The van der Waals surface area contributed by atoms with E-state index >= 15 is 0 Å². The van der Waals surface area contributed by atoms with Crippen LogP contribution in [0.3, 0.4) is 0 Å². The second kappa shape index (κ2) is 5.74. The molecule has 0 aromatic carbocycles. The molecule has 0 aliphatic heterocycles. The van der Waals surface area contributed by atoms with Crippen molar-refractivity contribution in [2.45, 2.75) is 45.6 Å². The molecule has 0 unspecified atom stereocenters. The Balaban J connectivity index is 2.04. The van der Waals surface area contributed by atoms with Crippen LogP contribution < -0.4 is 10.6 Å². The van der Waals surface area contributed by atoms with Gasteiger partial charge < -0.3 is 10.6 Å². The number of carbonyl (C=O) groups excluding carboxylic acids is 1. The minimum Gasteiger partial charge on any atom is -0.361 e. The van der Waals surface area contributed by atoms with Gasteiger partial charge in [-0.1, -0.05) is 11.6 Å². The van der Waals surface area contributed by atoms with Crippen LogP contribution in [0.4, 0.5) is 5.82 Å². The average Bonchev–Trinajstić information content (AvgIpc) is 3.14. The monoisotopic (exact) mass is 282 g/mol. The number of halogens is 1. The summed E-state index contributed by atoms with van der Waals surface area (Å²) in [5.74, 6) is 1.81. The molecule has 0 bridgehead atoms. The molecule has 1 amide bonds. The van der Waals surface area contributed by atoms with Crippen LogP contribution in [0.2, 0.25) is 5.15 Å². The molecule has 19 heavy (non-hydrogen) atoms. The number of nitrogens with zero attached hydrogens (tertiary/aromatic N) is 2. The van der Waals surface area contributed by atoms with E-state index < -0.39 is 0 Å². The first kappa shape index (κ1) is 14.1. The van der Waals surface area contributed by atoms with Gasteiger partial charge in [-0.2, -0.15) is 0 Å². The third-order valence-electron chi connectivity index (χ3n) is 2.91. The molecule has 5 nitrogen and oxygen atoms in total. The fraction of sp³-hybridized carbons (Fsp3) is 0.615. The van der Waals surface area contributed by atoms with Gasteiger partial charge in [0, 0.05) is 17.5 Å². The van der Waals surface area contributed by atoms with E-state index in [4.69, 9.17) is 11.6 Å². The molecule has 2 rings (SSSR count). The fourth-order valence-corrected chi connectivity index (χ4v) is 1.91. The number of carbonyl (C=O) groups is 1. The maximum Gasteiger partial charge on any atom is 0.239 e. The normalized spacial score (nSPS) is 14.6. The number of amides is 1. The van der Waals surface area contributed by atoms with E-state index in [9.17, 15) is 4.79 Å². The number of hydrogen-bond donors (Lipinski definition) is 2. The third-order valence-corrected chi connectivity index (χ3v) is 3.28. The number of nitrogens with one attached hydrogen (secondary N) is 2. The number of aromatic nitrogens is 2. The molecule has 1 saturated carbocycles. The molecule has 1 aliphatic rings. The van der Waals surface area contributed by atoms with Crippen molar-refractivity contribution in [2.75, 3.05) is 11.9 Å². The Labute approximate surface area is 118 Å². The molecule has 0 radical (unpaired) electrons. The van der Waals surface area contributed by atoms with E-state index in [0.29, 0.717) is 16.9 Å². The molecule has 1 aromatic heterocycles. The Morgan fingerprint density at radius 3 is 2.68 bits per heavy atom. The van der Waals surface area contributed by atoms with Gasteiger partial charge in [-0.25, -0.2) is 9.97 Å². The molecule has 1 aromatic rings. The van der Waals surface area contributed by atoms with Crippen LogP contribution in [0.5, 0.6) is 0 Å². The van der Waals surface area contributed by atoms with Gasteiger partial charge >= 0.3 is 0 Å². The highest BCUT2D eigenvalue weighted by Gasteiger charge is 2.28. The lowest BCUT2D eigenvalue weighted by Gasteiger charge is -2.12. The van der Waals surface area contributed by atoms with Crippen LogP contribution in [0.15, 0.2) is 0 Å². The van der Waals surface area contributed by atoms with Crippen LogP contribution in [0, 0.1) is 6.92 Å². The summed E-state index contributed by atoms with van der Waals surface area (Å²) in [7, 11) is 0. The number of hydrogen-bond acceptors (Lipinski definition) is 4. The largest absolute Gasteiger partial charge is 0.361 e. The van der Waals surface area contributed by atoms with E-state index in [1.807, 2.05) is 20.8 Å². The van der Waals surface area contributed by atoms with Crippen molar-refractivity contribution < 1.29 is 4.79 Å². The fourth-order valence-electron chi connectivity index (χ4n) is 1.74. The summed E-state index contributed by atoms with van der Waals surface area (Å²) < 4.78 is 0. The van der Waals surface area contributed by atoms with Crippen molar-refractivity contribution in [3.63, 3.8) is 0 Å². The lowest BCUT2D eigenvalue weighted by atomic mass is 10.3. The van der Waals surface area contributed by atoms with Crippen LogP contribution in [0.1, 0.15) is 44.0 Å². The quantitative estimate of drug-likeness (QED) is 0.813. The zero-order chi connectivity index (χ0) is 14.0. The van der Waals surface area contributed by atoms with Crippen molar-refractivity contribution in [3.05, 3.63) is 16.5 Å². The maximum atomic E-state index is 11.6. The Kier molecular flexibility index (Phi) is 4.24. The van der Waals surface area contributed by atoms with E-state index in [1.165, 1.54) is 0 Å². The molecular formula is C13H19ClN4O. The maximum absolute atomic E-state index is 11.6. The summed E-state index contributed by atoms with van der Waals surface area (Å²) in [5, 5.41) is 6.32. The highest BCUT2D eigenvalue weighted by atomic mass is 35.5. The molecule has 0 spiro atoms. The Bertz CT molecular complexity index is 486. The summed E-state index contributed by atoms with van der Waals surface area (Å²) in [4.78, 5) is 20.3. The predicted molar refractivity (Wildman–Crippen MR) is 75.5 cm³/mol. The second-order valence-electron chi connectivity index (χ2n) is 5.20. The summed E-state index contributed by atoms with van der Waals surface area (Å²) in [6, 6.07) is 0.131. The van der Waals surface area contributed by atoms with Crippen LogP contribution in [-0.4, -0.2) is 28.5 Å². The van der Waals surface area contributed by atoms with E-state index in [2.05, 4.69) is 20.6 Å². The Hall–Kier alpha value is -1.36. The summed E-state index contributed by atoms with van der Waals surface area (Å²) in [5.41, 5.74) is 0.781. The average molecular weight is 283 g/mol. The molecule has 0 saturated heterocycles. The van der Waals surface area contributed by atoms with Gasteiger partial charge in [-0.05, 0) is 33.6 Å².